The maximum atomic E-state index is 12.3. The minimum absolute atomic E-state index is 0.135. The Morgan fingerprint density at radius 2 is 0.643 bits per heavy atom. The number of nitrogens with one attached hydrogen (secondary N) is 2. The summed E-state index contributed by atoms with van der Waals surface area (Å²) in [5.74, 6) is 2.79. The van der Waals surface area contributed by atoms with Crippen LogP contribution in [0.15, 0.2) is 141 Å². The van der Waals surface area contributed by atoms with Crippen molar-refractivity contribution in [2.75, 3.05) is 42.3 Å². The number of hydrazine groups is 3. The van der Waals surface area contributed by atoms with Gasteiger partial charge in [-0.2, -0.15) is 0 Å². The molecule has 0 aromatic heterocycles. The first-order valence-corrected chi connectivity index (χ1v) is 22.4. The van der Waals surface area contributed by atoms with E-state index in [2.05, 4.69) is 45.1 Å². The lowest BCUT2D eigenvalue weighted by Gasteiger charge is -2.12. The summed E-state index contributed by atoms with van der Waals surface area (Å²) in [5, 5.41) is 23.1. The summed E-state index contributed by atoms with van der Waals surface area (Å²) < 4.78 is 0. The quantitative estimate of drug-likeness (QED) is 0.0681. The van der Waals surface area contributed by atoms with Gasteiger partial charge in [-0.3, -0.25) is 51.3 Å². The third kappa shape index (κ3) is 11.2. The number of carbonyl (C=O) groups excluding carboxylic acids is 2. The Kier molecular flexibility index (Phi) is 14.1. The summed E-state index contributed by atoms with van der Waals surface area (Å²) in [4.78, 5) is 65.9. The number of rotatable bonds is 10. The molecule has 0 radical (unpaired) electrons. The number of aliphatic imine (C=N–C) groups is 4. The monoisotopic (exact) mass is 936 g/mol. The molecule has 354 valence electrons. The SMILES string of the molecule is CN(C)N.CN(C)NC(=O)c1ccc2c(c1)CC(c1ccc(C3=Nc4ccc(C(=O)NN(C)C)cc4C3)cc1)=N2.O=C(O)c1ccc2c(c1)CC(c1ccc(C3=Nc4ccc(C(=O)O)cc4C3)cc1)=N2. The molecule has 16 nitrogen and oxygen atoms in total. The number of nitrogens with zero attached hydrogens (tertiary/aromatic N) is 7. The number of aromatic carboxylic acids is 2. The number of benzene rings is 6. The zero-order valence-corrected chi connectivity index (χ0v) is 39.6. The smallest absolute Gasteiger partial charge is 0.335 e. The third-order valence-corrected chi connectivity index (χ3v) is 11.5. The Hall–Kier alpha value is -8.28. The van der Waals surface area contributed by atoms with Crippen LogP contribution in [-0.2, 0) is 25.7 Å². The van der Waals surface area contributed by atoms with Crippen molar-refractivity contribution in [3.8, 4) is 0 Å². The van der Waals surface area contributed by atoms with Crippen LogP contribution in [-0.4, -0.2) is 114 Å². The number of fused-ring (bicyclic) bond motifs is 4. The summed E-state index contributed by atoms with van der Waals surface area (Å²) in [7, 11) is 10.7. The molecule has 70 heavy (non-hydrogen) atoms. The Balaban J connectivity index is 0.000000177. The molecule has 6 aromatic rings. The van der Waals surface area contributed by atoms with E-state index in [0.29, 0.717) is 36.8 Å². The predicted octanol–water partition coefficient (Wildman–Crippen LogP) is 7.31. The number of carboxylic acids is 2. The fourth-order valence-electron chi connectivity index (χ4n) is 8.27. The molecule has 0 saturated carbocycles. The zero-order valence-electron chi connectivity index (χ0n) is 39.6. The van der Waals surface area contributed by atoms with Crippen molar-refractivity contribution in [1.82, 2.24) is 25.9 Å². The fourth-order valence-corrected chi connectivity index (χ4v) is 8.27. The van der Waals surface area contributed by atoms with Crippen LogP contribution in [0.1, 0.15) is 85.9 Å². The Labute approximate surface area is 405 Å². The first-order chi connectivity index (χ1) is 33.5. The molecule has 0 aliphatic carbocycles. The van der Waals surface area contributed by atoms with Crippen LogP contribution in [0.5, 0.6) is 0 Å². The molecule has 4 heterocycles. The van der Waals surface area contributed by atoms with Gasteiger partial charge in [-0.25, -0.2) is 19.6 Å². The fraction of sp³-hybridized carbons (Fsp3) is 0.185. The average molecular weight is 937 g/mol. The molecule has 4 aliphatic heterocycles. The van der Waals surface area contributed by atoms with Crippen LogP contribution in [0.25, 0.3) is 0 Å². The summed E-state index contributed by atoms with van der Waals surface area (Å²) in [6.07, 6.45) is 2.56. The summed E-state index contributed by atoms with van der Waals surface area (Å²) in [5.41, 5.74) is 22.5. The highest BCUT2D eigenvalue weighted by Crippen LogP contribution is 2.34. The Morgan fingerprint density at radius 3 is 0.871 bits per heavy atom. The standard InChI is InChI=1S/C28H28N6O2.C24H16N2O4.C2H8N2/c1-33(2)31-27(35)19-9-11-23-21(13-19)15-25(29-23)17-5-7-18(8-6-17)26-16-22-14-20(10-12-24(22)30-26)28(36)32-34(3)4;27-23(28)15-5-7-19-17(9-15)11-21(25-19)13-1-2-14(4-3-13)22-12-18-10-16(24(29)30)6-8-20(18)26-22;1-4(2)3/h5-14H,15-16H2,1-4H3,(H,31,35)(H,32,36);1-10H,11-12H2,(H,27,28)(H,29,30);3H2,1-2H3. The van der Waals surface area contributed by atoms with Gasteiger partial charge in [0.25, 0.3) is 11.8 Å². The number of nitrogens with two attached hydrogens (primary N) is 1. The average Bonchev–Trinajstić information content (AvgIpc) is 4.15. The van der Waals surface area contributed by atoms with E-state index in [9.17, 15) is 19.2 Å². The predicted molar refractivity (Wildman–Crippen MR) is 272 cm³/mol. The van der Waals surface area contributed by atoms with Crippen LogP contribution in [0, 0.1) is 0 Å². The summed E-state index contributed by atoms with van der Waals surface area (Å²) in [6, 6.07) is 37.5. The first-order valence-electron chi connectivity index (χ1n) is 22.4. The van der Waals surface area contributed by atoms with Crippen molar-refractivity contribution < 1.29 is 29.4 Å². The molecule has 4 aliphatic rings. The maximum Gasteiger partial charge on any atom is 0.335 e. The second-order valence-electron chi connectivity index (χ2n) is 17.7. The first kappa shape index (κ1) is 48.2. The highest BCUT2D eigenvalue weighted by atomic mass is 16.4. The second kappa shape index (κ2) is 20.5. The van der Waals surface area contributed by atoms with Crippen LogP contribution in [0.3, 0.4) is 0 Å². The molecule has 6 aromatic carbocycles. The van der Waals surface area contributed by atoms with Gasteiger partial charge in [0.15, 0.2) is 0 Å². The molecule has 0 saturated heterocycles. The molecule has 6 N–H and O–H groups in total. The van der Waals surface area contributed by atoms with Gasteiger partial charge in [0, 0.05) is 79.1 Å². The van der Waals surface area contributed by atoms with Gasteiger partial charge in [-0.05, 0) is 117 Å². The van der Waals surface area contributed by atoms with E-state index in [1.807, 2.05) is 48.5 Å². The van der Waals surface area contributed by atoms with E-state index < -0.39 is 11.9 Å². The molecule has 10 rings (SSSR count). The van der Waals surface area contributed by atoms with E-state index in [1.165, 1.54) is 5.01 Å². The number of carbonyl (C=O) groups is 4. The second-order valence-corrected chi connectivity index (χ2v) is 17.7. The number of hydrogen-bond acceptors (Lipinski definition) is 12. The number of hydrogen-bond donors (Lipinski definition) is 5. The molecule has 0 bridgehead atoms. The van der Waals surface area contributed by atoms with E-state index >= 15 is 0 Å². The largest absolute Gasteiger partial charge is 0.478 e. The molecule has 0 spiro atoms. The molecular formula is C54H52N10O6. The van der Waals surface area contributed by atoms with E-state index in [-0.39, 0.29) is 22.9 Å². The zero-order chi connectivity index (χ0) is 49.8. The van der Waals surface area contributed by atoms with E-state index in [1.54, 1.807) is 101 Å². The lowest BCUT2D eigenvalue weighted by molar-refractivity contribution is 0.0686. The minimum atomic E-state index is -0.940. The molecule has 2 amide bonds. The highest BCUT2D eigenvalue weighted by Gasteiger charge is 2.23. The van der Waals surface area contributed by atoms with Crippen molar-refractivity contribution in [3.05, 3.63) is 188 Å². The van der Waals surface area contributed by atoms with Crippen LogP contribution in [0.2, 0.25) is 0 Å². The van der Waals surface area contributed by atoms with Gasteiger partial charge in [0.2, 0.25) is 0 Å². The third-order valence-electron chi connectivity index (χ3n) is 11.5. The summed E-state index contributed by atoms with van der Waals surface area (Å²) >= 11 is 0. The van der Waals surface area contributed by atoms with E-state index in [4.69, 9.17) is 26.0 Å². The maximum absolute atomic E-state index is 12.3. The normalized spacial score (nSPS) is 13.6. The van der Waals surface area contributed by atoms with Gasteiger partial charge in [-0.1, -0.05) is 48.5 Å². The minimum Gasteiger partial charge on any atom is -0.478 e. The van der Waals surface area contributed by atoms with Crippen LogP contribution in [0.4, 0.5) is 22.7 Å². The van der Waals surface area contributed by atoms with Crippen molar-refractivity contribution in [3.63, 3.8) is 0 Å². The molecule has 0 fully saturated rings. The van der Waals surface area contributed by atoms with Crippen molar-refractivity contribution in [1.29, 1.82) is 0 Å². The van der Waals surface area contributed by atoms with Crippen LogP contribution >= 0.6 is 0 Å². The summed E-state index contributed by atoms with van der Waals surface area (Å²) in [6.45, 7) is 0. The van der Waals surface area contributed by atoms with Crippen LogP contribution < -0.4 is 16.7 Å². The lowest BCUT2D eigenvalue weighted by atomic mass is 9.99. The molecular weight excluding hydrogens is 885 g/mol. The highest BCUT2D eigenvalue weighted by molar-refractivity contribution is 6.11. The van der Waals surface area contributed by atoms with Gasteiger partial charge < -0.3 is 10.2 Å². The van der Waals surface area contributed by atoms with Gasteiger partial charge >= 0.3 is 11.9 Å². The van der Waals surface area contributed by atoms with Gasteiger partial charge in [0.1, 0.15) is 0 Å². The van der Waals surface area contributed by atoms with Crippen molar-refractivity contribution in [2.24, 2.45) is 25.8 Å². The Bertz CT molecular complexity index is 2980. The van der Waals surface area contributed by atoms with Crippen molar-refractivity contribution >= 4 is 69.3 Å². The molecule has 0 atom stereocenters. The van der Waals surface area contributed by atoms with Gasteiger partial charge in [0.05, 0.1) is 56.7 Å². The van der Waals surface area contributed by atoms with E-state index in [0.717, 1.165) is 90.1 Å². The topological polar surface area (TPSA) is 218 Å². The van der Waals surface area contributed by atoms with Crippen molar-refractivity contribution in [2.45, 2.75) is 25.7 Å². The number of amides is 2. The molecule has 16 heteroatoms. The Morgan fingerprint density at radius 1 is 0.414 bits per heavy atom. The lowest BCUT2D eigenvalue weighted by Crippen LogP contribution is -2.36. The molecule has 0 unspecified atom stereocenters. The number of carboxylic acid groups (broad SMARTS) is 2. The van der Waals surface area contributed by atoms with Gasteiger partial charge in [-0.15, -0.1) is 0 Å².